The molecule has 0 bridgehead atoms. The largest absolute Gasteiger partial charge is 0.488 e. The van der Waals surface area contributed by atoms with E-state index in [1.165, 1.54) is 0 Å². The minimum Gasteiger partial charge on any atom is -0.488 e. The maximum absolute atomic E-state index is 9.68. The SMILES string of the molecule is O[C@@H]1[C@@H](O)CO[C@@H]1COc1cccc2cccnc12. The zero-order valence-electron chi connectivity index (χ0n) is 10.3. The fourth-order valence-corrected chi connectivity index (χ4v) is 2.18. The molecule has 2 heterocycles. The van der Waals surface area contributed by atoms with Crippen LogP contribution in [0.3, 0.4) is 0 Å². The number of pyridine rings is 1. The van der Waals surface area contributed by atoms with Crippen molar-refractivity contribution in [3.05, 3.63) is 36.5 Å². The van der Waals surface area contributed by atoms with Gasteiger partial charge < -0.3 is 19.7 Å². The molecule has 0 saturated carbocycles. The minimum atomic E-state index is -0.900. The van der Waals surface area contributed by atoms with Crippen LogP contribution in [-0.2, 0) is 4.74 Å². The van der Waals surface area contributed by atoms with E-state index >= 15 is 0 Å². The molecule has 0 radical (unpaired) electrons. The smallest absolute Gasteiger partial charge is 0.145 e. The lowest BCUT2D eigenvalue weighted by Gasteiger charge is -2.16. The first-order chi connectivity index (χ1) is 9.25. The van der Waals surface area contributed by atoms with Crippen LogP contribution in [0.15, 0.2) is 36.5 Å². The molecule has 0 amide bonds. The van der Waals surface area contributed by atoms with Gasteiger partial charge in [-0.15, -0.1) is 0 Å². The number of rotatable bonds is 3. The van der Waals surface area contributed by atoms with E-state index < -0.39 is 18.3 Å². The second-order valence-corrected chi connectivity index (χ2v) is 4.57. The Balaban J connectivity index is 1.75. The standard InChI is InChI=1S/C14H15NO4/c16-10-7-18-12(14(10)17)8-19-11-5-1-3-9-4-2-6-15-13(9)11/h1-6,10,12,14,16-17H,7-8H2/t10-,12+,14+/m0/s1. The van der Waals surface area contributed by atoms with Crippen LogP contribution in [0, 0.1) is 0 Å². The van der Waals surface area contributed by atoms with Crippen molar-refractivity contribution >= 4 is 10.9 Å². The molecule has 1 aliphatic heterocycles. The van der Waals surface area contributed by atoms with Gasteiger partial charge in [-0.1, -0.05) is 18.2 Å². The van der Waals surface area contributed by atoms with Crippen molar-refractivity contribution in [3.8, 4) is 5.75 Å². The molecule has 1 saturated heterocycles. The van der Waals surface area contributed by atoms with E-state index in [2.05, 4.69) is 4.98 Å². The van der Waals surface area contributed by atoms with Crippen molar-refractivity contribution in [1.29, 1.82) is 0 Å². The summed E-state index contributed by atoms with van der Waals surface area (Å²) in [6.07, 6.45) is -0.531. The lowest BCUT2D eigenvalue weighted by Crippen LogP contribution is -2.33. The Kier molecular flexibility index (Phi) is 3.33. The zero-order valence-corrected chi connectivity index (χ0v) is 10.3. The predicted molar refractivity (Wildman–Crippen MR) is 69.0 cm³/mol. The number of hydrogen-bond donors (Lipinski definition) is 2. The van der Waals surface area contributed by atoms with Crippen molar-refractivity contribution in [3.63, 3.8) is 0 Å². The highest BCUT2D eigenvalue weighted by Crippen LogP contribution is 2.24. The molecule has 0 unspecified atom stereocenters. The summed E-state index contributed by atoms with van der Waals surface area (Å²) in [7, 11) is 0. The van der Waals surface area contributed by atoms with Crippen LogP contribution in [-0.4, -0.2) is 46.7 Å². The molecule has 2 aromatic rings. The molecular weight excluding hydrogens is 246 g/mol. The van der Waals surface area contributed by atoms with Gasteiger partial charge in [0.2, 0.25) is 0 Å². The zero-order chi connectivity index (χ0) is 13.2. The van der Waals surface area contributed by atoms with E-state index in [9.17, 15) is 10.2 Å². The van der Waals surface area contributed by atoms with Crippen LogP contribution >= 0.6 is 0 Å². The first-order valence-electron chi connectivity index (χ1n) is 6.20. The third-order valence-corrected chi connectivity index (χ3v) is 3.26. The van der Waals surface area contributed by atoms with Gasteiger partial charge in [-0.25, -0.2) is 0 Å². The number of para-hydroxylation sites is 1. The van der Waals surface area contributed by atoms with E-state index in [1.54, 1.807) is 6.20 Å². The van der Waals surface area contributed by atoms with Crippen LogP contribution in [0.4, 0.5) is 0 Å². The van der Waals surface area contributed by atoms with Gasteiger partial charge >= 0.3 is 0 Å². The Bertz CT molecular complexity index is 569. The maximum Gasteiger partial charge on any atom is 0.145 e. The number of nitrogens with zero attached hydrogens (tertiary/aromatic N) is 1. The molecule has 100 valence electrons. The van der Waals surface area contributed by atoms with E-state index in [0.717, 1.165) is 10.9 Å². The Morgan fingerprint density at radius 3 is 2.89 bits per heavy atom. The van der Waals surface area contributed by atoms with E-state index in [-0.39, 0.29) is 13.2 Å². The monoisotopic (exact) mass is 261 g/mol. The van der Waals surface area contributed by atoms with Gasteiger partial charge in [0.25, 0.3) is 0 Å². The third-order valence-electron chi connectivity index (χ3n) is 3.26. The summed E-state index contributed by atoms with van der Waals surface area (Å²) in [6, 6.07) is 9.50. The normalized spacial score (nSPS) is 26.7. The maximum atomic E-state index is 9.68. The molecule has 0 aliphatic carbocycles. The number of hydrogen-bond acceptors (Lipinski definition) is 5. The van der Waals surface area contributed by atoms with Gasteiger partial charge in [-0.3, -0.25) is 4.98 Å². The molecule has 1 aromatic heterocycles. The third kappa shape index (κ3) is 2.40. The van der Waals surface area contributed by atoms with Gasteiger partial charge in [0, 0.05) is 11.6 Å². The van der Waals surface area contributed by atoms with Crippen LogP contribution in [0.5, 0.6) is 5.75 Å². The Morgan fingerprint density at radius 1 is 1.26 bits per heavy atom. The Morgan fingerprint density at radius 2 is 2.11 bits per heavy atom. The molecule has 0 spiro atoms. The topological polar surface area (TPSA) is 71.8 Å². The first kappa shape index (κ1) is 12.3. The Hall–Kier alpha value is -1.69. The summed E-state index contributed by atoms with van der Waals surface area (Å²) in [5.74, 6) is 0.648. The second kappa shape index (κ2) is 5.13. The fraction of sp³-hybridized carbons (Fsp3) is 0.357. The van der Waals surface area contributed by atoms with Crippen LogP contribution in [0.1, 0.15) is 0 Å². The highest BCUT2D eigenvalue weighted by molar-refractivity contribution is 5.84. The quantitative estimate of drug-likeness (QED) is 0.852. The Labute approximate surface area is 110 Å². The van der Waals surface area contributed by atoms with Crippen molar-refractivity contribution in [2.75, 3.05) is 13.2 Å². The molecule has 1 aromatic carbocycles. The van der Waals surface area contributed by atoms with Crippen LogP contribution in [0.25, 0.3) is 10.9 Å². The second-order valence-electron chi connectivity index (χ2n) is 4.57. The summed E-state index contributed by atoms with van der Waals surface area (Å²) >= 11 is 0. The molecule has 1 aliphatic rings. The average molecular weight is 261 g/mol. The molecule has 5 nitrogen and oxygen atoms in total. The molecule has 3 rings (SSSR count). The lowest BCUT2D eigenvalue weighted by molar-refractivity contribution is 0.000159. The molecule has 3 atom stereocenters. The van der Waals surface area contributed by atoms with Gasteiger partial charge in [0.1, 0.15) is 36.2 Å². The van der Waals surface area contributed by atoms with Crippen molar-refractivity contribution in [1.82, 2.24) is 4.98 Å². The van der Waals surface area contributed by atoms with Crippen molar-refractivity contribution in [2.45, 2.75) is 18.3 Å². The number of benzene rings is 1. The first-order valence-corrected chi connectivity index (χ1v) is 6.20. The molecular formula is C14H15NO4. The van der Waals surface area contributed by atoms with Crippen LogP contribution in [0.2, 0.25) is 0 Å². The number of aliphatic hydroxyl groups is 2. The lowest BCUT2D eigenvalue weighted by atomic mass is 10.1. The van der Waals surface area contributed by atoms with E-state index in [1.807, 2.05) is 30.3 Å². The highest BCUT2D eigenvalue weighted by Gasteiger charge is 2.35. The molecule has 1 fully saturated rings. The highest BCUT2D eigenvalue weighted by atomic mass is 16.6. The predicted octanol–water partition coefficient (Wildman–Crippen LogP) is 0.734. The molecule has 5 heteroatoms. The van der Waals surface area contributed by atoms with Crippen molar-refractivity contribution in [2.24, 2.45) is 0 Å². The number of fused-ring (bicyclic) bond motifs is 1. The number of ether oxygens (including phenoxy) is 2. The number of aromatic nitrogens is 1. The van der Waals surface area contributed by atoms with Gasteiger partial charge in [0.15, 0.2) is 0 Å². The van der Waals surface area contributed by atoms with E-state index in [4.69, 9.17) is 9.47 Å². The summed E-state index contributed by atoms with van der Waals surface area (Å²) < 4.78 is 10.9. The molecule has 2 N–H and O–H groups in total. The van der Waals surface area contributed by atoms with Crippen LogP contribution < -0.4 is 4.74 Å². The minimum absolute atomic E-state index is 0.142. The van der Waals surface area contributed by atoms with Gasteiger partial charge in [-0.2, -0.15) is 0 Å². The van der Waals surface area contributed by atoms with E-state index in [0.29, 0.717) is 5.75 Å². The summed E-state index contributed by atoms with van der Waals surface area (Å²) in [4.78, 5) is 4.28. The molecule has 19 heavy (non-hydrogen) atoms. The average Bonchev–Trinajstić information content (AvgIpc) is 2.76. The van der Waals surface area contributed by atoms with Gasteiger partial charge in [0.05, 0.1) is 6.61 Å². The van der Waals surface area contributed by atoms with Gasteiger partial charge in [-0.05, 0) is 12.1 Å². The fourth-order valence-electron chi connectivity index (χ4n) is 2.18. The summed E-state index contributed by atoms with van der Waals surface area (Å²) in [5.41, 5.74) is 0.776. The summed E-state index contributed by atoms with van der Waals surface area (Å²) in [6.45, 7) is 0.330. The van der Waals surface area contributed by atoms with Crippen molar-refractivity contribution < 1.29 is 19.7 Å². The summed E-state index contributed by atoms with van der Waals surface area (Å²) in [5, 5.41) is 20.1. The number of aliphatic hydroxyl groups excluding tert-OH is 2.